The summed E-state index contributed by atoms with van der Waals surface area (Å²) in [4.78, 5) is 12.2. The molecule has 1 saturated carbocycles. The molecule has 1 aliphatic rings. The second-order valence-corrected chi connectivity index (χ2v) is 3.32. The van der Waals surface area contributed by atoms with Gasteiger partial charge in [-0.3, -0.25) is 0 Å². The van der Waals surface area contributed by atoms with Crippen molar-refractivity contribution in [3.63, 3.8) is 0 Å². The van der Waals surface area contributed by atoms with E-state index in [1.54, 1.807) is 0 Å². The van der Waals surface area contributed by atoms with E-state index < -0.39 is 12.0 Å². The molecule has 1 N–H and O–H groups in total. The summed E-state index contributed by atoms with van der Waals surface area (Å²) in [6.45, 7) is 0. The Morgan fingerprint density at radius 3 is 2.46 bits per heavy atom. The quantitative estimate of drug-likeness (QED) is 0.745. The Kier molecular flexibility index (Phi) is 2.00. The summed E-state index contributed by atoms with van der Waals surface area (Å²) < 4.78 is 0. The van der Waals surface area contributed by atoms with Gasteiger partial charge >= 0.3 is 5.97 Å². The second kappa shape index (κ2) is 3.16. The van der Waals surface area contributed by atoms with Gasteiger partial charge in [-0.25, -0.2) is 4.79 Å². The highest BCUT2D eigenvalue weighted by Crippen LogP contribution is 2.35. The maximum Gasteiger partial charge on any atom is 0.330 e. The number of carbonyl (C=O) groups is 1. The van der Waals surface area contributed by atoms with Crippen LogP contribution < -0.4 is 0 Å². The molecule has 1 aromatic rings. The molecular weight excluding hydrogens is 170 g/mol. The van der Waals surface area contributed by atoms with Crippen LogP contribution in [0.25, 0.3) is 0 Å². The maximum atomic E-state index is 10.9. The number of aromatic nitrogens is 3. The molecule has 0 spiro atoms. The average molecular weight is 181 g/mol. The Hall–Kier alpha value is -1.39. The Morgan fingerprint density at radius 1 is 1.46 bits per heavy atom. The van der Waals surface area contributed by atoms with Crippen molar-refractivity contribution in [2.45, 2.75) is 25.3 Å². The molecule has 0 amide bonds. The summed E-state index contributed by atoms with van der Waals surface area (Å²) in [6.07, 6.45) is 6.08. The fourth-order valence-corrected chi connectivity index (χ4v) is 1.61. The first-order chi connectivity index (χ1) is 6.29. The topological polar surface area (TPSA) is 68.0 Å². The van der Waals surface area contributed by atoms with E-state index in [9.17, 15) is 4.79 Å². The molecular formula is C8H11N3O2. The van der Waals surface area contributed by atoms with Gasteiger partial charge in [-0.2, -0.15) is 15.0 Å². The molecule has 1 aliphatic carbocycles. The van der Waals surface area contributed by atoms with Gasteiger partial charge in [0, 0.05) is 0 Å². The molecule has 1 atom stereocenters. The van der Waals surface area contributed by atoms with Crippen molar-refractivity contribution in [1.82, 2.24) is 15.0 Å². The van der Waals surface area contributed by atoms with Crippen molar-refractivity contribution < 1.29 is 9.90 Å². The Balaban J connectivity index is 2.18. The first-order valence-corrected chi connectivity index (χ1v) is 4.37. The van der Waals surface area contributed by atoms with E-state index in [1.807, 2.05) is 0 Å². The summed E-state index contributed by atoms with van der Waals surface area (Å²) in [6, 6.07) is -0.566. The summed E-state index contributed by atoms with van der Waals surface area (Å²) in [5.74, 6) is -0.620. The van der Waals surface area contributed by atoms with E-state index in [-0.39, 0.29) is 5.92 Å². The van der Waals surface area contributed by atoms with E-state index in [0.717, 1.165) is 19.3 Å². The Bertz CT molecular complexity index is 292. The molecule has 70 valence electrons. The standard InChI is InChI=1S/C8H11N3O2/c12-8(13)7(6-2-1-3-6)11-9-4-5-10-11/h4-7H,1-3H2,(H,12,13). The number of nitrogens with zero attached hydrogens (tertiary/aromatic N) is 3. The lowest BCUT2D eigenvalue weighted by atomic mass is 9.80. The van der Waals surface area contributed by atoms with Gasteiger partial charge in [0.05, 0.1) is 12.4 Å². The average Bonchev–Trinajstić information content (AvgIpc) is 2.46. The van der Waals surface area contributed by atoms with Gasteiger partial charge in [-0.05, 0) is 18.8 Å². The SMILES string of the molecule is O=C(O)C(C1CCC1)n1nccn1. The fraction of sp³-hybridized carbons (Fsp3) is 0.625. The van der Waals surface area contributed by atoms with Crippen LogP contribution in [0.5, 0.6) is 0 Å². The summed E-state index contributed by atoms with van der Waals surface area (Å²) in [5.41, 5.74) is 0. The van der Waals surface area contributed by atoms with Crippen LogP contribution in [0.15, 0.2) is 12.4 Å². The predicted octanol–water partition coefficient (Wildman–Crippen LogP) is 0.704. The molecule has 5 nitrogen and oxygen atoms in total. The molecule has 0 bridgehead atoms. The molecule has 0 aromatic carbocycles. The van der Waals surface area contributed by atoms with Crippen LogP contribution in [0.1, 0.15) is 25.3 Å². The summed E-state index contributed by atoms with van der Waals surface area (Å²) in [5, 5.41) is 16.7. The van der Waals surface area contributed by atoms with Crippen molar-refractivity contribution >= 4 is 5.97 Å². The minimum atomic E-state index is -0.832. The molecule has 1 unspecified atom stereocenters. The number of rotatable bonds is 3. The highest BCUT2D eigenvalue weighted by Gasteiger charge is 2.35. The third kappa shape index (κ3) is 1.41. The molecule has 1 heterocycles. The van der Waals surface area contributed by atoms with Crippen molar-refractivity contribution in [1.29, 1.82) is 0 Å². The fourth-order valence-electron chi connectivity index (χ4n) is 1.61. The summed E-state index contributed by atoms with van der Waals surface area (Å²) in [7, 11) is 0. The Labute approximate surface area is 75.4 Å². The highest BCUT2D eigenvalue weighted by atomic mass is 16.4. The first kappa shape index (κ1) is 8.22. The molecule has 0 aliphatic heterocycles. The zero-order valence-corrected chi connectivity index (χ0v) is 7.13. The molecule has 13 heavy (non-hydrogen) atoms. The number of carboxylic acids is 1. The number of hydrogen-bond acceptors (Lipinski definition) is 3. The molecule has 0 saturated heterocycles. The van der Waals surface area contributed by atoms with E-state index in [1.165, 1.54) is 17.2 Å². The normalized spacial score (nSPS) is 19.4. The zero-order chi connectivity index (χ0) is 9.26. The smallest absolute Gasteiger partial charge is 0.330 e. The molecule has 5 heteroatoms. The van der Waals surface area contributed by atoms with Crippen LogP contribution in [0.3, 0.4) is 0 Å². The first-order valence-electron chi connectivity index (χ1n) is 4.37. The van der Waals surface area contributed by atoms with Gasteiger partial charge in [0.2, 0.25) is 0 Å². The molecule has 0 radical (unpaired) electrons. The zero-order valence-electron chi connectivity index (χ0n) is 7.13. The van der Waals surface area contributed by atoms with Crippen molar-refractivity contribution in [3.05, 3.63) is 12.4 Å². The monoisotopic (exact) mass is 181 g/mol. The van der Waals surface area contributed by atoms with Gasteiger partial charge in [-0.15, -0.1) is 0 Å². The third-order valence-electron chi connectivity index (χ3n) is 2.53. The second-order valence-electron chi connectivity index (χ2n) is 3.32. The minimum absolute atomic E-state index is 0.213. The van der Waals surface area contributed by atoms with Gasteiger partial charge in [0.25, 0.3) is 0 Å². The predicted molar refractivity (Wildman–Crippen MR) is 44.0 cm³/mol. The van der Waals surface area contributed by atoms with Crippen LogP contribution in [0, 0.1) is 5.92 Å². The van der Waals surface area contributed by atoms with Gasteiger partial charge in [-0.1, -0.05) is 6.42 Å². The largest absolute Gasteiger partial charge is 0.480 e. The highest BCUT2D eigenvalue weighted by molar-refractivity contribution is 5.72. The van der Waals surface area contributed by atoms with Crippen LogP contribution in [0.4, 0.5) is 0 Å². The molecule has 2 rings (SSSR count). The van der Waals surface area contributed by atoms with Crippen molar-refractivity contribution in [2.24, 2.45) is 5.92 Å². The lowest BCUT2D eigenvalue weighted by Gasteiger charge is -2.30. The van der Waals surface area contributed by atoms with Crippen LogP contribution in [-0.4, -0.2) is 26.1 Å². The summed E-state index contributed by atoms with van der Waals surface area (Å²) >= 11 is 0. The van der Waals surface area contributed by atoms with Crippen LogP contribution in [-0.2, 0) is 4.79 Å². The third-order valence-corrected chi connectivity index (χ3v) is 2.53. The van der Waals surface area contributed by atoms with Crippen molar-refractivity contribution in [3.8, 4) is 0 Å². The van der Waals surface area contributed by atoms with Gasteiger partial charge in [0.1, 0.15) is 0 Å². The number of aliphatic carboxylic acids is 1. The van der Waals surface area contributed by atoms with E-state index in [4.69, 9.17) is 5.11 Å². The van der Waals surface area contributed by atoms with Gasteiger partial charge < -0.3 is 5.11 Å². The van der Waals surface area contributed by atoms with E-state index >= 15 is 0 Å². The number of hydrogen-bond donors (Lipinski definition) is 1. The van der Waals surface area contributed by atoms with Crippen LogP contribution in [0.2, 0.25) is 0 Å². The lowest BCUT2D eigenvalue weighted by Crippen LogP contribution is -2.32. The molecule has 1 fully saturated rings. The molecule has 1 aromatic heterocycles. The maximum absolute atomic E-state index is 10.9. The number of carboxylic acid groups (broad SMARTS) is 1. The van der Waals surface area contributed by atoms with Gasteiger partial charge in [0.15, 0.2) is 6.04 Å². The Morgan fingerprint density at radius 2 is 2.08 bits per heavy atom. The van der Waals surface area contributed by atoms with E-state index in [2.05, 4.69) is 10.2 Å². The minimum Gasteiger partial charge on any atom is -0.480 e. The van der Waals surface area contributed by atoms with E-state index in [0.29, 0.717) is 0 Å². The van der Waals surface area contributed by atoms with Crippen LogP contribution >= 0.6 is 0 Å². The van der Waals surface area contributed by atoms with Crippen molar-refractivity contribution in [2.75, 3.05) is 0 Å². The lowest BCUT2D eigenvalue weighted by molar-refractivity contribution is -0.144.